The van der Waals surface area contributed by atoms with Crippen molar-refractivity contribution in [2.75, 3.05) is 0 Å². The van der Waals surface area contributed by atoms with Crippen molar-refractivity contribution < 1.29 is 0 Å². The van der Waals surface area contributed by atoms with Gasteiger partial charge in [-0.1, -0.05) is 66.5 Å². The zero-order valence-electron chi connectivity index (χ0n) is 28.7. The molecule has 0 heterocycles. The molecule has 0 aromatic rings. The number of allylic oxidation sites excluding steroid dienone is 18. The van der Waals surface area contributed by atoms with Gasteiger partial charge in [0.15, 0.2) is 0 Å². The van der Waals surface area contributed by atoms with Crippen molar-refractivity contribution in [1.29, 1.82) is 0 Å². The minimum absolute atomic E-state index is 0.0498. The Labute approximate surface area is 249 Å². The van der Waals surface area contributed by atoms with E-state index >= 15 is 0 Å². The smallest absolute Gasteiger partial charge is 0.0433 e. The van der Waals surface area contributed by atoms with E-state index in [1.54, 1.807) is 89.2 Å². The van der Waals surface area contributed by atoms with Crippen molar-refractivity contribution in [3.8, 4) is 0 Å². The van der Waals surface area contributed by atoms with Gasteiger partial charge in [-0.25, -0.2) is 0 Å². The lowest BCUT2D eigenvalue weighted by atomic mass is 9.41. The molecular formula is C41H50. The Hall–Kier alpha value is -2.34. The molecule has 0 N–H and O–H groups in total. The fraction of sp³-hybridized carbons (Fsp3) is 0.561. The molecule has 0 amide bonds. The second kappa shape index (κ2) is 6.59. The minimum Gasteiger partial charge on any atom is -0.0553 e. The number of rotatable bonds is 0. The maximum Gasteiger partial charge on any atom is 0.0433 e. The molecule has 0 radical (unpaired) electrons. The maximum atomic E-state index is 2.59. The summed E-state index contributed by atoms with van der Waals surface area (Å²) in [5.74, 6) is 0.836. The third kappa shape index (κ3) is 2.08. The predicted molar refractivity (Wildman–Crippen MR) is 173 cm³/mol. The van der Waals surface area contributed by atoms with Crippen LogP contribution in [0.15, 0.2) is 100 Å². The lowest BCUT2D eigenvalue weighted by Gasteiger charge is -2.60. The Morgan fingerprint density at radius 1 is 0.341 bits per heavy atom. The van der Waals surface area contributed by atoms with Crippen molar-refractivity contribution in [2.45, 2.75) is 111 Å². The Bertz CT molecular complexity index is 1820. The van der Waals surface area contributed by atoms with E-state index in [1.807, 2.05) is 0 Å². The van der Waals surface area contributed by atoms with Crippen LogP contribution in [0.4, 0.5) is 0 Å². The number of hydrogen-bond donors (Lipinski definition) is 0. The molecule has 1 fully saturated rings. The first-order chi connectivity index (χ1) is 18.8. The zero-order chi connectivity index (χ0) is 30.0. The van der Waals surface area contributed by atoms with Crippen LogP contribution >= 0.6 is 0 Å². The van der Waals surface area contributed by atoms with E-state index in [1.165, 1.54) is 11.1 Å². The summed E-state index contributed by atoms with van der Waals surface area (Å²) in [6, 6.07) is 0. The fourth-order valence-corrected chi connectivity index (χ4v) is 12.5. The van der Waals surface area contributed by atoms with Crippen molar-refractivity contribution in [1.82, 2.24) is 0 Å². The standard InChI is InChI=1S/C41H50/c1-17-19(3)27-22(6)29-35-31(39(13,14)37(29,9)10)24(8)32-36-30(38(11,12)40(32,15)16)23(7)28-20(4)18(2)26-21(5)25(17)33(27)41(35,36)34(26)28/h33,36H,1-16H3/t33?,36?,41-/m1/s1. The fourth-order valence-electron chi connectivity index (χ4n) is 12.5. The summed E-state index contributed by atoms with van der Waals surface area (Å²) >= 11 is 0. The van der Waals surface area contributed by atoms with E-state index < -0.39 is 0 Å². The molecule has 2 unspecified atom stereocenters. The van der Waals surface area contributed by atoms with Gasteiger partial charge in [0.1, 0.15) is 0 Å². The molecule has 8 aliphatic rings. The first-order valence-electron chi connectivity index (χ1n) is 16.2. The van der Waals surface area contributed by atoms with Crippen molar-refractivity contribution >= 4 is 0 Å². The summed E-state index contributed by atoms with van der Waals surface area (Å²) in [7, 11) is 0. The van der Waals surface area contributed by atoms with Gasteiger partial charge < -0.3 is 0 Å². The quantitative estimate of drug-likeness (QED) is 0.285. The van der Waals surface area contributed by atoms with Gasteiger partial charge in [-0.3, -0.25) is 0 Å². The summed E-state index contributed by atoms with van der Waals surface area (Å²) in [4.78, 5) is 0. The molecule has 0 aromatic heterocycles. The monoisotopic (exact) mass is 542 g/mol. The lowest BCUT2D eigenvalue weighted by molar-refractivity contribution is 0.215. The molecular weight excluding hydrogens is 492 g/mol. The minimum atomic E-state index is -0.0587. The first kappa shape index (κ1) is 26.3. The third-order valence-corrected chi connectivity index (χ3v) is 15.4. The van der Waals surface area contributed by atoms with Crippen LogP contribution in [-0.4, -0.2) is 0 Å². The second-order valence-electron chi connectivity index (χ2n) is 17.1. The molecule has 8 aliphatic carbocycles. The molecule has 0 heteroatoms. The topological polar surface area (TPSA) is 0 Å². The zero-order valence-corrected chi connectivity index (χ0v) is 28.7. The Kier molecular flexibility index (Phi) is 4.23. The summed E-state index contributed by atoms with van der Waals surface area (Å²) in [6.07, 6.45) is 0. The average Bonchev–Trinajstić information content (AvgIpc) is 3.40. The Morgan fingerprint density at radius 3 is 1.37 bits per heavy atom. The van der Waals surface area contributed by atoms with Gasteiger partial charge in [0.2, 0.25) is 0 Å². The molecule has 0 aliphatic heterocycles. The van der Waals surface area contributed by atoms with E-state index in [9.17, 15) is 0 Å². The molecule has 214 valence electrons. The second-order valence-corrected chi connectivity index (χ2v) is 17.1. The molecule has 0 saturated heterocycles. The number of hydrogen-bond acceptors (Lipinski definition) is 0. The summed E-state index contributed by atoms with van der Waals surface area (Å²) < 4.78 is 0. The predicted octanol–water partition coefficient (Wildman–Crippen LogP) is 11.2. The van der Waals surface area contributed by atoms with Crippen LogP contribution in [0.1, 0.15) is 111 Å². The van der Waals surface area contributed by atoms with Gasteiger partial charge in [0, 0.05) is 17.3 Å². The van der Waals surface area contributed by atoms with E-state index in [0.29, 0.717) is 11.8 Å². The van der Waals surface area contributed by atoms with Gasteiger partial charge >= 0.3 is 0 Å². The van der Waals surface area contributed by atoms with Crippen molar-refractivity contribution in [2.24, 2.45) is 38.9 Å². The van der Waals surface area contributed by atoms with Crippen LogP contribution in [0.25, 0.3) is 0 Å². The first-order valence-corrected chi connectivity index (χ1v) is 16.2. The summed E-state index contributed by atoms with van der Waals surface area (Å²) in [5.41, 5.74) is 29.6. The van der Waals surface area contributed by atoms with Crippen LogP contribution in [0.5, 0.6) is 0 Å². The SMILES string of the molecule is CC1=C(C)C2=C3C1=C(C)C1=C(C)C(C)=C4C(C)=C5C6=C(C(C)=C7C(C(=C2C)C(C)(C)C7(C)C)[C@]36C14)C(C)(C)C5(C)C. The Morgan fingerprint density at radius 2 is 0.805 bits per heavy atom. The van der Waals surface area contributed by atoms with Gasteiger partial charge in [-0.2, -0.15) is 0 Å². The molecule has 8 rings (SSSR count). The van der Waals surface area contributed by atoms with Crippen molar-refractivity contribution in [3.05, 3.63) is 100 Å². The van der Waals surface area contributed by atoms with Crippen LogP contribution in [0.3, 0.4) is 0 Å². The van der Waals surface area contributed by atoms with Gasteiger partial charge in [0.25, 0.3) is 0 Å². The Balaban J connectivity index is 1.73. The van der Waals surface area contributed by atoms with Crippen LogP contribution in [0, 0.1) is 38.9 Å². The molecule has 0 nitrogen and oxygen atoms in total. The largest absolute Gasteiger partial charge is 0.0553 e. The molecule has 1 saturated carbocycles. The van der Waals surface area contributed by atoms with Gasteiger partial charge in [-0.15, -0.1) is 0 Å². The van der Waals surface area contributed by atoms with Gasteiger partial charge in [0.05, 0.1) is 0 Å². The highest BCUT2D eigenvalue weighted by Gasteiger charge is 2.76. The highest BCUT2D eigenvalue weighted by molar-refractivity contribution is 5.89. The average molecular weight is 543 g/mol. The van der Waals surface area contributed by atoms with E-state index in [-0.39, 0.29) is 27.1 Å². The molecule has 1 spiro atoms. The summed E-state index contributed by atoms with van der Waals surface area (Å²) in [6.45, 7) is 40.4. The third-order valence-electron chi connectivity index (χ3n) is 15.4. The highest BCUT2D eigenvalue weighted by Crippen LogP contribution is 2.85. The van der Waals surface area contributed by atoms with Crippen molar-refractivity contribution in [3.63, 3.8) is 0 Å². The van der Waals surface area contributed by atoms with Gasteiger partial charge in [-0.05, 0) is 166 Å². The van der Waals surface area contributed by atoms with Crippen LogP contribution < -0.4 is 0 Å². The lowest BCUT2D eigenvalue weighted by Crippen LogP contribution is -2.52. The highest BCUT2D eigenvalue weighted by atomic mass is 14.8. The maximum absolute atomic E-state index is 2.59. The van der Waals surface area contributed by atoms with E-state index in [0.717, 1.165) is 0 Å². The normalized spacial score (nSPS) is 36.3. The van der Waals surface area contributed by atoms with E-state index in [4.69, 9.17) is 0 Å². The summed E-state index contributed by atoms with van der Waals surface area (Å²) in [5, 5.41) is 0. The van der Waals surface area contributed by atoms with Crippen LogP contribution in [-0.2, 0) is 0 Å². The van der Waals surface area contributed by atoms with Crippen LogP contribution in [0.2, 0.25) is 0 Å². The molecule has 3 atom stereocenters. The molecule has 0 aromatic carbocycles. The molecule has 41 heavy (non-hydrogen) atoms. The molecule has 0 bridgehead atoms. The van der Waals surface area contributed by atoms with E-state index in [2.05, 4.69) is 111 Å².